The zero-order chi connectivity index (χ0) is 13.7. The third-order valence-corrected chi connectivity index (χ3v) is 4.58. The first-order chi connectivity index (χ1) is 9.19. The fourth-order valence-corrected chi connectivity index (χ4v) is 3.01. The molecule has 0 radical (unpaired) electrons. The lowest BCUT2D eigenvalue weighted by molar-refractivity contribution is 0.188. The Bertz CT molecular complexity index is 371. The summed E-state index contributed by atoms with van der Waals surface area (Å²) < 4.78 is 5.75. The molecule has 1 aliphatic rings. The van der Waals surface area contributed by atoms with Gasteiger partial charge < -0.3 is 10.5 Å². The average molecular weight is 282 g/mol. The summed E-state index contributed by atoms with van der Waals surface area (Å²) in [5, 5.41) is 0.731. The van der Waals surface area contributed by atoms with Gasteiger partial charge >= 0.3 is 0 Å². The van der Waals surface area contributed by atoms with Crippen molar-refractivity contribution in [1.82, 2.24) is 0 Å². The van der Waals surface area contributed by atoms with Gasteiger partial charge in [-0.15, -0.1) is 0 Å². The SMILES string of the molecule is CCC1CCC(C(N)COc2ccc(Cl)cc2)CC1. The van der Waals surface area contributed by atoms with E-state index in [2.05, 4.69) is 6.92 Å². The molecule has 1 aromatic rings. The molecule has 0 aromatic heterocycles. The van der Waals surface area contributed by atoms with Crippen LogP contribution in [-0.4, -0.2) is 12.6 Å². The predicted octanol–water partition coefficient (Wildman–Crippen LogP) is 4.26. The highest BCUT2D eigenvalue weighted by atomic mass is 35.5. The first-order valence-electron chi connectivity index (χ1n) is 7.33. The maximum absolute atomic E-state index is 6.26. The van der Waals surface area contributed by atoms with Crippen LogP contribution in [0.2, 0.25) is 5.02 Å². The number of hydrogen-bond donors (Lipinski definition) is 1. The van der Waals surface area contributed by atoms with Gasteiger partial charge in [-0.2, -0.15) is 0 Å². The van der Waals surface area contributed by atoms with Gasteiger partial charge in [0.1, 0.15) is 12.4 Å². The van der Waals surface area contributed by atoms with Crippen molar-refractivity contribution in [3.8, 4) is 5.75 Å². The van der Waals surface area contributed by atoms with Crippen LogP contribution in [0.3, 0.4) is 0 Å². The monoisotopic (exact) mass is 281 g/mol. The molecule has 1 saturated carbocycles. The Hall–Kier alpha value is -0.730. The zero-order valence-electron chi connectivity index (χ0n) is 11.6. The quantitative estimate of drug-likeness (QED) is 0.875. The van der Waals surface area contributed by atoms with Crippen molar-refractivity contribution in [1.29, 1.82) is 0 Å². The lowest BCUT2D eigenvalue weighted by Gasteiger charge is -2.31. The molecule has 1 aliphatic carbocycles. The second-order valence-electron chi connectivity index (χ2n) is 5.62. The van der Waals surface area contributed by atoms with E-state index < -0.39 is 0 Å². The van der Waals surface area contributed by atoms with E-state index >= 15 is 0 Å². The molecule has 2 rings (SSSR count). The summed E-state index contributed by atoms with van der Waals surface area (Å²) >= 11 is 5.84. The van der Waals surface area contributed by atoms with Crippen molar-refractivity contribution in [3.05, 3.63) is 29.3 Å². The molecule has 106 valence electrons. The maximum atomic E-state index is 6.26. The molecular formula is C16H24ClNO. The van der Waals surface area contributed by atoms with Gasteiger partial charge in [-0.3, -0.25) is 0 Å². The smallest absolute Gasteiger partial charge is 0.119 e. The normalized spacial score (nSPS) is 25.0. The lowest BCUT2D eigenvalue weighted by Crippen LogP contribution is -2.38. The van der Waals surface area contributed by atoms with Crippen molar-refractivity contribution in [2.45, 2.75) is 45.1 Å². The Morgan fingerprint density at radius 2 is 1.84 bits per heavy atom. The number of halogens is 1. The van der Waals surface area contributed by atoms with Crippen LogP contribution in [0.25, 0.3) is 0 Å². The van der Waals surface area contributed by atoms with E-state index in [4.69, 9.17) is 22.1 Å². The van der Waals surface area contributed by atoms with Crippen molar-refractivity contribution >= 4 is 11.6 Å². The first kappa shape index (κ1) is 14.7. The van der Waals surface area contributed by atoms with Crippen LogP contribution >= 0.6 is 11.6 Å². The minimum atomic E-state index is 0.147. The van der Waals surface area contributed by atoms with Gasteiger partial charge in [0.15, 0.2) is 0 Å². The van der Waals surface area contributed by atoms with E-state index in [-0.39, 0.29) is 6.04 Å². The molecular weight excluding hydrogens is 258 g/mol. The number of hydrogen-bond acceptors (Lipinski definition) is 2. The summed E-state index contributed by atoms with van der Waals surface area (Å²) in [6.45, 7) is 2.89. The van der Waals surface area contributed by atoms with Gasteiger partial charge in [0.05, 0.1) is 0 Å². The first-order valence-corrected chi connectivity index (χ1v) is 7.70. The number of rotatable bonds is 5. The summed E-state index contributed by atoms with van der Waals surface area (Å²) in [5.74, 6) is 2.39. The van der Waals surface area contributed by atoms with Crippen LogP contribution in [0, 0.1) is 11.8 Å². The Morgan fingerprint density at radius 3 is 2.42 bits per heavy atom. The van der Waals surface area contributed by atoms with E-state index in [9.17, 15) is 0 Å². The van der Waals surface area contributed by atoms with Gasteiger partial charge in [-0.25, -0.2) is 0 Å². The highest BCUT2D eigenvalue weighted by molar-refractivity contribution is 6.30. The Labute approximate surface area is 121 Å². The van der Waals surface area contributed by atoms with Crippen molar-refractivity contribution in [2.75, 3.05) is 6.61 Å². The molecule has 1 unspecified atom stereocenters. The molecule has 2 N–H and O–H groups in total. The van der Waals surface area contributed by atoms with Crippen LogP contribution in [0.1, 0.15) is 39.0 Å². The molecule has 2 nitrogen and oxygen atoms in total. The van der Waals surface area contributed by atoms with Gasteiger partial charge in [0.25, 0.3) is 0 Å². The fourth-order valence-electron chi connectivity index (χ4n) is 2.88. The van der Waals surface area contributed by atoms with Crippen LogP contribution in [0.5, 0.6) is 5.75 Å². The molecule has 0 heterocycles. The Morgan fingerprint density at radius 1 is 1.21 bits per heavy atom. The molecule has 19 heavy (non-hydrogen) atoms. The molecule has 0 saturated heterocycles. The zero-order valence-corrected chi connectivity index (χ0v) is 12.4. The second-order valence-corrected chi connectivity index (χ2v) is 6.05. The topological polar surface area (TPSA) is 35.2 Å². The van der Waals surface area contributed by atoms with Gasteiger partial charge in [-0.05, 0) is 48.9 Å². The largest absolute Gasteiger partial charge is 0.492 e. The van der Waals surface area contributed by atoms with Crippen LogP contribution in [0.4, 0.5) is 0 Å². The minimum absolute atomic E-state index is 0.147. The maximum Gasteiger partial charge on any atom is 0.119 e. The average Bonchev–Trinajstić information content (AvgIpc) is 2.46. The number of nitrogens with two attached hydrogens (primary N) is 1. The molecule has 0 aliphatic heterocycles. The van der Waals surface area contributed by atoms with E-state index in [1.165, 1.54) is 32.1 Å². The molecule has 0 bridgehead atoms. The van der Waals surface area contributed by atoms with Crippen molar-refractivity contribution in [3.63, 3.8) is 0 Å². The molecule has 1 fully saturated rings. The van der Waals surface area contributed by atoms with E-state index in [1.807, 2.05) is 24.3 Å². The molecule has 0 spiro atoms. The van der Waals surface area contributed by atoms with Crippen LogP contribution in [0.15, 0.2) is 24.3 Å². The van der Waals surface area contributed by atoms with Crippen LogP contribution in [-0.2, 0) is 0 Å². The standard InChI is InChI=1S/C16H24ClNO/c1-2-12-3-5-13(6-4-12)16(18)11-19-15-9-7-14(17)8-10-15/h7-10,12-13,16H,2-6,11,18H2,1H3. The highest BCUT2D eigenvalue weighted by Gasteiger charge is 2.25. The Kier molecular flexibility index (Phi) is 5.53. The minimum Gasteiger partial charge on any atom is -0.492 e. The van der Waals surface area contributed by atoms with Gasteiger partial charge in [0, 0.05) is 11.1 Å². The van der Waals surface area contributed by atoms with Gasteiger partial charge in [0.2, 0.25) is 0 Å². The summed E-state index contributed by atoms with van der Waals surface area (Å²) in [6, 6.07) is 7.61. The molecule has 0 amide bonds. The molecule has 3 heteroatoms. The van der Waals surface area contributed by atoms with E-state index in [1.54, 1.807) is 0 Å². The third kappa shape index (κ3) is 4.39. The van der Waals surface area contributed by atoms with E-state index in [0.717, 1.165) is 16.7 Å². The van der Waals surface area contributed by atoms with Crippen LogP contribution < -0.4 is 10.5 Å². The van der Waals surface area contributed by atoms with Gasteiger partial charge in [-0.1, -0.05) is 37.8 Å². The summed E-state index contributed by atoms with van der Waals surface area (Å²) in [7, 11) is 0. The molecule has 1 aromatic carbocycles. The third-order valence-electron chi connectivity index (χ3n) is 4.33. The lowest BCUT2D eigenvalue weighted by atomic mass is 9.78. The summed E-state index contributed by atoms with van der Waals surface area (Å²) in [4.78, 5) is 0. The van der Waals surface area contributed by atoms with Crippen molar-refractivity contribution < 1.29 is 4.74 Å². The fraction of sp³-hybridized carbons (Fsp3) is 0.625. The summed E-state index contributed by atoms with van der Waals surface area (Å²) in [5.41, 5.74) is 6.26. The van der Waals surface area contributed by atoms with Crippen molar-refractivity contribution in [2.24, 2.45) is 17.6 Å². The Balaban J connectivity index is 1.75. The highest BCUT2D eigenvalue weighted by Crippen LogP contribution is 2.32. The number of ether oxygens (including phenoxy) is 1. The second kappa shape index (κ2) is 7.16. The predicted molar refractivity (Wildman–Crippen MR) is 80.7 cm³/mol. The number of benzene rings is 1. The molecule has 1 atom stereocenters. The van der Waals surface area contributed by atoms with E-state index in [0.29, 0.717) is 12.5 Å². The summed E-state index contributed by atoms with van der Waals surface area (Å²) in [6.07, 6.45) is 6.47.